The van der Waals surface area contributed by atoms with Crippen LogP contribution < -0.4 is 4.90 Å². The van der Waals surface area contributed by atoms with Gasteiger partial charge >= 0.3 is 5.97 Å². The molecule has 1 aliphatic heterocycles. The van der Waals surface area contributed by atoms with Crippen molar-refractivity contribution in [2.45, 2.75) is 38.5 Å². The maximum absolute atomic E-state index is 12.4. The molecule has 0 aliphatic carbocycles. The van der Waals surface area contributed by atoms with E-state index in [-0.39, 0.29) is 17.7 Å². The van der Waals surface area contributed by atoms with Gasteiger partial charge in [-0.2, -0.15) is 0 Å². The first kappa shape index (κ1) is 16.2. The third-order valence-electron chi connectivity index (χ3n) is 3.92. The predicted octanol–water partition coefficient (Wildman–Crippen LogP) is 2.44. The molecule has 1 aliphatic rings. The fourth-order valence-corrected chi connectivity index (χ4v) is 2.77. The summed E-state index contributed by atoms with van der Waals surface area (Å²) in [6.07, 6.45) is 2.29. The average Bonchev–Trinajstić information content (AvgIpc) is 2.90. The van der Waals surface area contributed by atoms with Gasteiger partial charge in [0.2, 0.25) is 5.91 Å². The fourth-order valence-electron chi connectivity index (χ4n) is 2.77. The lowest BCUT2D eigenvalue weighted by Crippen LogP contribution is -2.31. The lowest BCUT2D eigenvalue weighted by molar-refractivity contribution is -0.142. The second kappa shape index (κ2) is 7.20. The molecule has 118 valence electrons. The van der Waals surface area contributed by atoms with Gasteiger partial charge in [-0.25, -0.2) is 0 Å². The van der Waals surface area contributed by atoms with Crippen LogP contribution in [0.25, 0.3) is 0 Å². The Balaban J connectivity index is 2.04. The zero-order chi connectivity index (χ0) is 16.1. The lowest BCUT2D eigenvalue weighted by Gasteiger charge is -2.17. The Labute approximate surface area is 130 Å². The number of unbranched alkanes of at least 4 members (excludes halogenated alkanes) is 1. The summed E-state index contributed by atoms with van der Waals surface area (Å²) in [6, 6.07) is 7.43. The van der Waals surface area contributed by atoms with Gasteiger partial charge in [-0.15, -0.1) is 0 Å². The van der Waals surface area contributed by atoms with Crippen molar-refractivity contribution in [2.24, 2.45) is 0 Å². The predicted molar refractivity (Wildman–Crippen MR) is 82.7 cm³/mol. The summed E-state index contributed by atoms with van der Waals surface area (Å²) in [7, 11) is 1.36. The van der Waals surface area contributed by atoms with Crippen LogP contribution in [0.5, 0.6) is 0 Å². The Bertz CT molecular complexity index is 582. The minimum absolute atomic E-state index is 0.0117. The van der Waals surface area contributed by atoms with Crippen molar-refractivity contribution in [3.8, 4) is 0 Å². The molecule has 0 spiro atoms. The number of hydrogen-bond acceptors (Lipinski definition) is 4. The molecule has 0 fully saturated rings. The SMILES string of the molecule is COC(=O)C1CN(C(=O)CCCCC(C)=O)c2ccccc21. The molecule has 1 heterocycles. The van der Waals surface area contributed by atoms with Crippen molar-refractivity contribution < 1.29 is 19.1 Å². The van der Waals surface area contributed by atoms with Crippen LogP contribution in [0.4, 0.5) is 5.69 Å². The minimum atomic E-state index is -0.414. The molecule has 1 amide bonds. The average molecular weight is 303 g/mol. The van der Waals surface area contributed by atoms with E-state index in [2.05, 4.69) is 0 Å². The molecule has 22 heavy (non-hydrogen) atoms. The van der Waals surface area contributed by atoms with E-state index in [9.17, 15) is 14.4 Å². The van der Waals surface area contributed by atoms with Crippen LogP contribution in [0.2, 0.25) is 0 Å². The summed E-state index contributed by atoms with van der Waals surface area (Å²) in [5.74, 6) is -0.603. The van der Waals surface area contributed by atoms with E-state index in [4.69, 9.17) is 4.74 Å². The highest BCUT2D eigenvalue weighted by atomic mass is 16.5. The van der Waals surface area contributed by atoms with Crippen LogP contribution in [0.1, 0.15) is 44.1 Å². The van der Waals surface area contributed by atoms with E-state index in [1.165, 1.54) is 7.11 Å². The van der Waals surface area contributed by atoms with Gasteiger partial charge in [0, 0.05) is 25.1 Å². The van der Waals surface area contributed by atoms with Crippen molar-refractivity contribution in [3.63, 3.8) is 0 Å². The Morgan fingerprint density at radius 2 is 1.86 bits per heavy atom. The van der Waals surface area contributed by atoms with E-state index in [0.717, 1.165) is 17.7 Å². The van der Waals surface area contributed by atoms with E-state index in [0.29, 0.717) is 25.8 Å². The molecule has 0 aromatic heterocycles. The monoisotopic (exact) mass is 303 g/mol. The number of para-hydroxylation sites is 1. The van der Waals surface area contributed by atoms with Crippen molar-refractivity contribution in [1.82, 2.24) is 0 Å². The van der Waals surface area contributed by atoms with Gasteiger partial charge < -0.3 is 14.4 Å². The summed E-state index contributed by atoms with van der Waals surface area (Å²) < 4.78 is 4.83. The van der Waals surface area contributed by atoms with Crippen LogP contribution in [0, 0.1) is 0 Å². The van der Waals surface area contributed by atoms with E-state index in [1.54, 1.807) is 11.8 Å². The number of rotatable bonds is 6. The number of Topliss-reactive ketones (excluding diaryl/α,β-unsaturated/α-hetero) is 1. The fraction of sp³-hybridized carbons (Fsp3) is 0.471. The summed E-state index contributed by atoms with van der Waals surface area (Å²) in [5.41, 5.74) is 1.63. The van der Waals surface area contributed by atoms with Crippen LogP contribution in [0.3, 0.4) is 0 Å². The topological polar surface area (TPSA) is 63.7 Å². The quantitative estimate of drug-likeness (QED) is 0.598. The van der Waals surface area contributed by atoms with Crippen LogP contribution in [0.15, 0.2) is 24.3 Å². The van der Waals surface area contributed by atoms with Gasteiger partial charge in [0.1, 0.15) is 11.7 Å². The van der Waals surface area contributed by atoms with E-state index in [1.807, 2.05) is 24.3 Å². The van der Waals surface area contributed by atoms with Crippen LogP contribution in [-0.4, -0.2) is 31.3 Å². The first-order chi connectivity index (χ1) is 10.5. The molecule has 0 saturated heterocycles. The third-order valence-corrected chi connectivity index (χ3v) is 3.92. The number of ketones is 1. The second-order valence-corrected chi connectivity index (χ2v) is 5.55. The van der Waals surface area contributed by atoms with Gasteiger partial charge in [-0.1, -0.05) is 18.2 Å². The van der Waals surface area contributed by atoms with E-state index < -0.39 is 5.92 Å². The number of amides is 1. The van der Waals surface area contributed by atoms with E-state index >= 15 is 0 Å². The maximum Gasteiger partial charge on any atom is 0.315 e. The molecule has 5 heteroatoms. The van der Waals surface area contributed by atoms with Gasteiger partial charge in [0.05, 0.1) is 7.11 Å². The molecular formula is C17H21NO4. The number of ether oxygens (including phenoxy) is 1. The van der Waals surface area contributed by atoms with Crippen molar-refractivity contribution in [1.29, 1.82) is 0 Å². The summed E-state index contributed by atoms with van der Waals surface area (Å²) >= 11 is 0. The highest BCUT2D eigenvalue weighted by Crippen LogP contribution is 2.37. The molecule has 2 rings (SSSR count). The molecule has 1 unspecified atom stereocenters. The highest BCUT2D eigenvalue weighted by Gasteiger charge is 2.36. The van der Waals surface area contributed by atoms with Gasteiger partial charge in [0.25, 0.3) is 0 Å². The number of carbonyl (C=O) groups is 3. The number of anilines is 1. The Morgan fingerprint density at radius 1 is 1.18 bits per heavy atom. The lowest BCUT2D eigenvalue weighted by atomic mass is 10.0. The standard InChI is InChI=1S/C17H21NO4/c1-12(19)7-3-6-10-16(20)18-11-14(17(21)22-2)13-8-4-5-9-15(13)18/h4-5,8-9,14H,3,6-7,10-11H2,1-2H3. The van der Waals surface area contributed by atoms with Crippen LogP contribution >= 0.6 is 0 Å². The third kappa shape index (κ3) is 3.53. The summed E-state index contributed by atoms with van der Waals surface area (Å²) in [4.78, 5) is 36.9. The molecule has 1 atom stereocenters. The molecule has 0 radical (unpaired) electrons. The number of methoxy groups -OCH3 is 1. The Morgan fingerprint density at radius 3 is 2.55 bits per heavy atom. The maximum atomic E-state index is 12.4. The van der Waals surface area contributed by atoms with Crippen molar-refractivity contribution in [2.75, 3.05) is 18.6 Å². The molecule has 0 saturated carbocycles. The van der Waals surface area contributed by atoms with Gasteiger partial charge in [0.15, 0.2) is 0 Å². The Hall–Kier alpha value is -2.17. The second-order valence-electron chi connectivity index (χ2n) is 5.55. The molecule has 0 N–H and O–H groups in total. The summed E-state index contributed by atoms with van der Waals surface area (Å²) in [5, 5.41) is 0. The molecule has 5 nitrogen and oxygen atoms in total. The number of hydrogen-bond donors (Lipinski definition) is 0. The van der Waals surface area contributed by atoms with Crippen molar-refractivity contribution >= 4 is 23.3 Å². The number of esters is 1. The zero-order valence-electron chi connectivity index (χ0n) is 13.0. The van der Waals surface area contributed by atoms with Crippen molar-refractivity contribution in [3.05, 3.63) is 29.8 Å². The smallest absolute Gasteiger partial charge is 0.315 e. The largest absolute Gasteiger partial charge is 0.468 e. The molecule has 1 aromatic rings. The number of carbonyl (C=O) groups excluding carboxylic acids is 3. The number of benzene rings is 1. The first-order valence-corrected chi connectivity index (χ1v) is 7.51. The molecule has 1 aromatic carbocycles. The summed E-state index contributed by atoms with van der Waals surface area (Å²) in [6.45, 7) is 1.89. The molecule has 0 bridgehead atoms. The zero-order valence-corrected chi connectivity index (χ0v) is 13.0. The normalized spacial score (nSPS) is 16.3. The minimum Gasteiger partial charge on any atom is -0.468 e. The van der Waals surface area contributed by atoms with Gasteiger partial charge in [-0.3, -0.25) is 9.59 Å². The number of nitrogens with zero attached hydrogens (tertiary/aromatic N) is 1. The van der Waals surface area contributed by atoms with Gasteiger partial charge in [-0.05, 0) is 31.4 Å². The highest BCUT2D eigenvalue weighted by molar-refractivity contribution is 5.99. The number of fused-ring (bicyclic) bond motifs is 1. The first-order valence-electron chi connectivity index (χ1n) is 7.51. The van der Waals surface area contributed by atoms with Crippen LogP contribution in [-0.2, 0) is 19.1 Å². The Kier molecular flexibility index (Phi) is 5.31. The molecular weight excluding hydrogens is 282 g/mol.